The molecule has 0 aliphatic heterocycles. The highest BCUT2D eigenvalue weighted by Crippen LogP contribution is 2.33. The molecule has 3 nitrogen and oxygen atoms in total. The van der Waals surface area contributed by atoms with E-state index in [2.05, 4.69) is 15.9 Å². The van der Waals surface area contributed by atoms with E-state index in [1.54, 1.807) is 6.07 Å². The van der Waals surface area contributed by atoms with Crippen LogP contribution in [0.25, 0.3) is 10.1 Å². The first-order valence-corrected chi connectivity index (χ1v) is 5.48. The predicted molar refractivity (Wildman–Crippen MR) is 61.0 cm³/mol. The summed E-state index contributed by atoms with van der Waals surface area (Å²) in [6, 6.07) is 5.44. The molecule has 0 atom stereocenters. The first-order valence-electron chi connectivity index (χ1n) is 3.87. The first-order chi connectivity index (χ1) is 6.61. The van der Waals surface area contributed by atoms with E-state index in [4.69, 9.17) is 10.0 Å². The Morgan fingerprint density at radius 1 is 1.29 bits per heavy atom. The van der Waals surface area contributed by atoms with Crippen molar-refractivity contribution in [1.29, 1.82) is 0 Å². The number of rotatable bonds is 1. The van der Waals surface area contributed by atoms with Crippen molar-refractivity contribution in [1.82, 2.24) is 0 Å². The lowest BCUT2D eigenvalue weighted by Gasteiger charge is -1.99. The summed E-state index contributed by atoms with van der Waals surface area (Å²) in [4.78, 5) is 0. The van der Waals surface area contributed by atoms with Crippen LogP contribution in [0.5, 0.6) is 5.06 Å². The summed E-state index contributed by atoms with van der Waals surface area (Å²) in [6.45, 7) is 0. The summed E-state index contributed by atoms with van der Waals surface area (Å²) in [5.41, 5.74) is 0.164. The minimum absolute atomic E-state index is 0.0538. The number of halogens is 1. The Bertz CT molecular complexity index is 483. The van der Waals surface area contributed by atoms with E-state index < -0.39 is 7.12 Å². The van der Waals surface area contributed by atoms with Crippen LogP contribution < -0.4 is 5.46 Å². The maximum atomic E-state index is 9.51. The molecule has 0 fully saturated rings. The van der Waals surface area contributed by atoms with Crippen LogP contribution in [0.4, 0.5) is 0 Å². The van der Waals surface area contributed by atoms with Crippen LogP contribution in [0.2, 0.25) is 0 Å². The van der Waals surface area contributed by atoms with Crippen molar-refractivity contribution in [2.24, 2.45) is 0 Å². The van der Waals surface area contributed by atoms with Crippen molar-refractivity contribution in [2.45, 2.75) is 0 Å². The third-order valence-electron chi connectivity index (χ3n) is 1.94. The molecular weight excluding hydrogens is 267 g/mol. The van der Waals surface area contributed by atoms with Gasteiger partial charge in [-0.05, 0) is 12.1 Å². The van der Waals surface area contributed by atoms with Crippen LogP contribution in [-0.4, -0.2) is 22.3 Å². The van der Waals surface area contributed by atoms with E-state index >= 15 is 0 Å². The largest absolute Gasteiger partial charge is 0.500 e. The molecule has 0 aliphatic carbocycles. The fraction of sp³-hybridized carbons (Fsp3) is 0. The van der Waals surface area contributed by atoms with Crippen LogP contribution in [0.3, 0.4) is 0 Å². The summed E-state index contributed by atoms with van der Waals surface area (Å²) in [6.07, 6.45) is 0. The lowest BCUT2D eigenvalue weighted by molar-refractivity contribution is 0.422. The van der Waals surface area contributed by atoms with E-state index in [0.717, 1.165) is 20.5 Å². The molecule has 1 aromatic heterocycles. The smallest absolute Gasteiger partial charge is 0.493 e. The van der Waals surface area contributed by atoms with Crippen LogP contribution in [0.15, 0.2) is 22.7 Å². The third kappa shape index (κ3) is 1.44. The van der Waals surface area contributed by atoms with Crippen LogP contribution in [0, 0.1) is 0 Å². The van der Waals surface area contributed by atoms with Crippen LogP contribution >= 0.6 is 27.3 Å². The average Bonchev–Trinajstić information content (AvgIpc) is 2.42. The van der Waals surface area contributed by atoms with Crippen molar-refractivity contribution in [3.8, 4) is 5.06 Å². The molecule has 0 saturated heterocycles. The first kappa shape index (κ1) is 9.98. The van der Waals surface area contributed by atoms with E-state index in [1.807, 2.05) is 12.1 Å². The molecule has 3 N–H and O–H groups in total. The summed E-state index contributed by atoms with van der Waals surface area (Å²) < 4.78 is 1.56. The van der Waals surface area contributed by atoms with Gasteiger partial charge in [-0.2, -0.15) is 0 Å². The van der Waals surface area contributed by atoms with Crippen molar-refractivity contribution in [3.05, 3.63) is 22.7 Å². The second kappa shape index (κ2) is 3.54. The minimum atomic E-state index is -1.65. The van der Waals surface area contributed by atoms with Gasteiger partial charge in [0.15, 0.2) is 5.06 Å². The molecule has 0 radical (unpaired) electrons. The van der Waals surface area contributed by atoms with Gasteiger partial charge in [0.2, 0.25) is 0 Å². The summed E-state index contributed by atoms with van der Waals surface area (Å²) in [7, 11) is -1.65. The Labute approximate surface area is 92.9 Å². The number of hydrogen-bond acceptors (Lipinski definition) is 4. The molecule has 0 amide bonds. The summed E-state index contributed by atoms with van der Waals surface area (Å²) >= 11 is 4.43. The lowest BCUT2D eigenvalue weighted by Crippen LogP contribution is -2.29. The fourth-order valence-electron chi connectivity index (χ4n) is 1.36. The van der Waals surface area contributed by atoms with E-state index in [1.165, 1.54) is 0 Å². The Morgan fingerprint density at radius 2 is 2.00 bits per heavy atom. The molecule has 2 aromatic rings. The van der Waals surface area contributed by atoms with Gasteiger partial charge in [0.1, 0.15) is 0 Å². The molecule has 0 aliphatic rings. The molecule has 0 saturated carbocycles. The number of benzene rings is 1. The third-order valence-corrected chi connectivity index (χ3v) is 3.57. The van der Waals surface area contributed by atoms with Gasteiger partial charge in [-0.25, -0.2) is 0 Å². The highest BCUT2D eigenvalue weighted by Gasteiger charge is 2.23. The van der Waals surface area contributed by atoms with Crippen molar-refractivity contribution < 1.29 is 15.2 Å². The van der Waals surface area contributed by atoms with Gasteiger partial charge in [-0.15, -0.1) is 0 Å². The maximum absolute atomic E-state index is 9.51. The second-order valence-corrected chi connectivity index (χ2v) is 4.69. The SMILES string of the molecule is OB(O)c1c(O)sc2cccc(Br)c12. The fourth-order valence-corrected chi connectivity index (χ4v) is 3.06. The predicted octanol–water partition coefficient (Wildman–Crippen LogP) is 1.05. The molecule has 0 unspecified atom stereocenters. The zero-order valence-corrected chi connectivity index (χ0v) is 9.34. The molecular formula is C8H6BBrO3S. The van der Waals surface area contributed by atoms with E-state index in [0.29, 0.717) is 5.39 Å². The van der Waals surface area contributed by atoms with Gasteiger partial charge in [-0.3, -0.25) is 0 Å². The quantitative estimate of drug-likeness (QED) is 0.680. The van der Waals surface area contributed by atoms with Crippen LogP contribution in [0.1, 0.15) is 0 Å². The van der Waals surface area contributed by atoms with Gasteiger partial charge in [-0.1, -0.05) is 33.3 Å². The number of aromatic hydroxyl groups is 1. The maximum Gasteiger partial charge on any atom is 0.493 e. The number of thiophene rings is 1. The number of hydrogen-bond donors (Lipinski definition) is 3. The van der Waals surface area contributed by atoms with Crippen molar-refractivity contribution >= 4 is 49.9 Å². The Kier molecular flexibility index (Phi) is 2.53. The minimum Gasteiger partial charge on any atom is -0.500 e. The number of fused-ring (bicyclic) bond motifs is 1. The standard InChI is InChI=1S/C8H6BBrO3S/c10-4-2-1-3-5-6(4)7(9(12)13)8(11)14-5/h1-3,11-13H. The zero-order valence-electron chi connectivity index (χ0n) is 6.94. The molecule has 1 heterocycles. The summed E-state index contributed by atoms with van der Waals surface area (Å²) in [5, 5.41) is 28.3. The lowest BCUT2D eigenvalue weighted by atomic mass is 9.80. The molecule has 0 spiro atoms. The van der Waals surface area contributed by atoms with Gasteiger partial charge in [0.05, 0.1) is 0 Å². The Balaban J connectivity index is 2.86. The molecule has 1 aromatic carbocycles. The van der Waals surface area contributed by atoms with Crippen molar-refractivity contribution in [3.63, 3.8) is 0 Å². The molecule has 6 heteroatoms. The van der Waals surface area contributed by atoms with Gasteiger partial charge >= 0.3 is 7.12 Å². The van der Waals surface area contributed by atoms with Gasteiger partial charge in [0.25, 0.3) is 0 Å². The van der Waals surface area contributed by atoms with E-state index in [-0.39, 0.29) is 10.5 Å². The normalized spacial score (nSPS) is 10.8. The average molecular weight is 273 g/mol. The molecule has 2 rings (SSSR count). The zero-order chi connectivity index (χ0) is 10.3. The van der Waals surface area contributed by atoms with Crippen LogP contribution in [-0.2, 0) is 0 Å². The van der Waals surface area contributed by atoms with Gasteiger partial charge < -0.3 is 15.2 Å². The van der Waals surface area contributed by atoms with Crippen molar-refractivity contribution in [2.75, 3.05) is 0 Å². The second-order valence-electron chi connectivity index (χ2n) is 2.81. The van der Waals surface area contributed by atoms with Gasteiger partial charge in [0, 0.05) is 20.0 Å². The summed E-state index contributed by atoms with van der Waals surface area (Å²) in [5.74, 6) is 0. The molecule has 0 bridgehead atoms. The topological polar surface area (TPSA) is 60.7 Å². The molecule has 72 valence electrons. The highest BCUT2D eigenvalue weighted by molar-refractivity contribution is 9.10. The highest BCUT2D eigenvalue weighted by atomic mass is 79.9. The molecule has 14 heavy (non-hydrogen) atoms. The van der Waals surface area contributed by atoms with E-state index in [9.17, 15) is 5.11 Å². The monoisotopic (exact) mass is 272 g/mol. The Hall–Kier alpha value is -0.555. The Morgan fingerprint density at radius 3 is 2.64 bits per heavy atom.